The van der Waals surface area contributed by atoms with E-state index >= 15 is 0 Å². The number of rotatable bonds is 7. The number of methoxy groups -OCH3 is 2. The number of aromatic nitrogens is 2. The molecule has 2 aromatic carbocycles. The highest BCUT2D eigenvalue weighted by atomic mass is 16.5. The van der Waals surface area contributed by atoms with E-state index in [1.165, 1.54) is 0 Å². The number of hydrogen-bond acceptors (Lipinski definition) is 4. The highest BCUT2D eigenvalue weighted by Crippen LogP contribution is 2.27. The Kier molecular flexibility index (Phi) is 5.94. The van der Waals surface area contributed by atoms with Crippen LogP contribution in [-0.4, -0.2) is 30.0 Å². The fraction of sp³-hybridized carbons (Fsp3) is 0.200. The average Bonchev–Trinajstić information content (AvgIpc) is 3.19. The molecule has 0 spiro atoms. The summed E-state index contributed by atoms with van der Waals surface area (Å²) in [6.45, 7) is 1.02. The molecule has 3 rings (SSSR count). The van der Waals surface area contributed by atoms with Crippen molar-refractivity contribution in [1.82, 2.24) is 15.1 Å². The third-order valence-corrected chi connectivity index (χ3v) is 3.99. The van der Waals surface area contributed by atoms with Crippen LogP contribution in [0.3, 0.4) is 0 Å². The predicted octanol–water partition coefficient (Wildman–Crippen LogP) is 3.27. The van der Waals surface area contributed by atoms with Crippen LogP contribution >= 0.6 is 0 Å². The maximum absolute atomic E-state index is 12.2. The Morgan fingerprint density at radius 2 is 1.89 bits per heavy atom. The highest BCUT2D eigenvalue weighted by molar-refractivity contribution is 5.89. The zero-order chi connectivity index (χ0) is 19.1. The number of urea groups is 1. The van der Waals surface area contributed by atoms with E-state index in [2.05, 4.69) is 15.7 Å². The Hall–Kier alpha value is -3.48. The molecule has 0 aliphatic heterocycles. The number of nitrogens with zero attached hydrogens (tertiary/aromatic N) is 2. The van der Waals surface area contributed by atoms with Crippen molar-refractivity contribution in [3.8, 4) is 11.5 Å². The van der Waals surface area contributed by atoms with Crippen molar-refractivity contribution in [3.05, 3.63) is 72.1 Å². The number of amides is 2. The fourth-order valence-corrected chi connectivity index (χ4v) is 2.68. The van der Waals surface area contributed by atoms with E-state index in [4.69, 9.17) is 9.47 Å². The molecular formula is C20H22N4O3. The third-order valence-electron chi connectivity index (χ3n) is 3.99. The van der Waals surface area contributed by atoms with Crippen molar-refractivity contribution in [1.29, 1.82) is 0 Å². The van der Waals surface area contributed by atoms with E-state index in [-0.39, 0.29) is 6.03 Å². The molecule has 0 saturated carbocycles. The maximum atomic E-state index is 12.2. The van der Waals surface area contributed by atoms with Crippen LogP contribution in [0.4, 0.5) is 10.5 Å². The molecular weight excluding hydrogens is 344 g/mol. The average molecular weight is 366 g/mol. The Bertz CT molecular complexity index is 894. The minimum Gasteiger partial charge on any atom is -0.493 e. The van der Waals surface area contributed by atoms with Crippen LogP contribution in [0.15, 0.2) is 60.9 Å². The molecule has 140 valence electrons. The summed E-state index contributed by atoms with van der Waals surface area (Å²) < 4.78 is 12.3. The molecule has 27 heavy (non-hydrogen) atoms. The van der Waals surface area contributed by atoms with E-state index in [0.717, 1.165) is 16.8 Å². The highest BCUT2D eigenvalue weighted by Gasteiger charge is 2.07. The van der Waals surface area contributed by atoms with Gasteiger partial charge in [0.15, 0.2) is 11.5 Å². The van der Waals surface area contributed by atoms with E-state index in [1.54, 1.807) is 20.4 Å². The van der Waals surface area contributed by atoms with Crippen LogP contribution in [-0.2, 0) is 13.1 Å². The monoisotopic (exact) mass is 366 g/mol. The summed E-state index contributed by atoms with van der Waals surface area (Å²) >= 11 is 0. The molecule has 2 N–H and O–H groups in total. The molecule has 0 aliphatic rings. The lowest BCUT2D eigenvalue weighted by atomic mass is 10.2. The summed E-state index contributed by atoms with van der Waals surface area (Å²) in [4.78, 5) is 12.2. The second-order valence-corrected chi connectivity index (χ2v) is 5.90. The lowest BCUT2D eigenvalue weighted by Crippen LogP contribution is -2.28. The number of anilines is 1. The van der Waals surface area contributed by atoms with Gasteiger partial charge in [0.05, 0.1) is 20.8 Å². The van der Waals surface area contributed by atoms with E-state index < -0.39 is 0 Å². The normalized spacial score (nSPS) is 10.3. The van der Waals surface area contributed by atoms with Crippen LogP contribution in [0.5, 0.6) is 11.5 Å². The second-order valence-electron chi connectivity index (χ2n) is 5.90. The zero-order valence-corrected chi connectivity index (χ0v) is 15.3. The van der Waals surface area contributed by atoms with E-state index in [9.17, 15) is 4.79 Å². The molecule has 7 nitrogen and oxygen atoms in total. The number of carbonyl (C=O) groups is 1. The number of nitrogens with one attached hydrogen (secondary N) is 2. The minimum absolute atomic E-state index is 0.277. The molecule has 0 fully saturated rings. The molecule has 7 heteroatoms. The summed E-state index contributed by atoms with van der Waals surface area (Å²) in [5.74, 6) is 1.28. The summed E-state index contributed by atoms with van der Waals surface area (Å²) in [6.07, 6.45) is 3.64. The van der Waals surface area contributed by atoms with E-state index in [1.807, 2.05) is 59.4 Å². The molecule has 1 heterocycles. The molecule has 3 aromatic rings. The molecule has 0 aliphatic carbocycles. The van der Waals surface area contributed by atoms with Gasteiger partial charge in [-0.15, -0.1) is 0 Å². The first-order valence-electron chi connectivity index (χ1n) is 8.50. The Labute approximate surface area is 157 Å². The largest absolute Gasteiger partial charge is 0.493 e. The van der Waals surface area contributed by atoms with Crippen molar-refractivity contribution >= 4 is 11.7 Å². The van der Waals surface area contributed by atoms with Crippen molar-refractivity contribution < 1.29 is 14.3 Å². The van der Waals surface area contributed by atoms with Gasteiger partial charge in [-0.05, 0) is 41.5 Å². The molecule has 0 saturated heterocycles. The molecule has 1 aromatic heterocycles. The lowest BCUT2D eigenvalue weighted by Gasteiger charge is -2.11. The minimum atomic E-state index is -0.277. The summed E-state index contributed by atoms with van der Waals surface area (Å²) in [6, 6.07) is 14.8. The standard InChI is InChI=1S/C20H22N4O3/c1-26-18-8-7-15(12-19(18)27-2)13-21-20(25)23-17-6-3-5-16(11-17)14-24-10-4-9-22-24/h3-12H,13-14H2,1-2H3,(H2,21,23,25). The SMILES string of the molecule is COc1ccc(CNC(=O)Nc2cccc(Cn3cccn3)c2)cc1OC. The van der Waals surface area contributed by atoms with Crippen LogP contribution in [0.2, 0.25) is 0 Å². The van der Waals surface area contributed by atoms with Gasteiger partial charge >= 0.3 is 6.03 Å². The van der Waals surface area contributed by atoms with Gasteiger partial charge in [0.1, 0.15) is 0 Å². The maximum Gasteiger partial charge on any atom is 0.319 e. The topological polar surface area (TPSA) is 77.4 Å². The van der Waals surface area contributed by atoms with Crippen molar-refractivity contribution in [3.63, 3.8) is 0 Å². The van der Waals surface area contributed by atoms with Crippen LogP contribution < -0.4 is 20.1 Å². The van der Waals surface area contributed by atoms with Crippen molar-refractivity contribution in [2.45, 2.75) is 13.1 Å². The molecule has 0 bridgehead atoms. The first kappa shape index (κ1) is 18.3. The van der Waals surface area contributed by atoms with Gasteiger partial charge in [0, 0.05) is 24.6 Å². The lowest BCUT2D eigenvalue weighted by molar-refractivity contribution is 0.251. The molecule has 2 amide bonds. The summed E-state index contributed by atoms with van der Waals surface area (Å²) in [7, 11) is 3.17. The first-order valence-corrected chi connectivity index (χ1v) is 8.50. The van der Waals surface area contributed by atoms with Crippen molar-refractivity contribution in [2.24, 2.45) is 0 Å². The molecule has 0 radical (unpaired) electrons. The van der Waals surface area contributed by atoms with Gasteiger partial charge < -0.3 is 20.1 Å². The van der Waals surface area contributed by atoms with Gasteiger partial charge in [-0.2, -0.15) is 5.10 Å². The van der Waals surface area contributed by atoms with Crippen LogP contribution in [0.25, 0.3) is 0 Å². The smallest absolute Gasteiger partial charge is 0.319 e. The quantitative estimate of drug-likeness (QED) is 0.673. The fourth-order valence-electron chi connectivity index (χ4n) is 2.68. The number of ether oxygens (including phenoxy) is 2. The first-order chi connectivity index (χ1) is 13.2. The number of hydrogen-bond donors (Lipinski definition) is 2. The Morgan fingerprint density at radius 1 is 1.04 bits per heavy atom. The van der Waals surface area contributed by atoms with E-state index in [0.29, 0.717) is 24.6 Å². The van der Waals surface area contributed by atoms with Crippen LogP contribution in [0.1, 0.15) is 11.1 Å². The summed E-state index contributed by atoms with van der Waals surface area (Å²) in [5.41, 5.74) is 2.69. The van der Waals surface area contributed by atoms with Gasteiger partial charge in [-0.25, -0.2) is 4.79 Å². The zero-order valence-electron chi connectivity index (χ0n) is 15.3. The van der Waals surface area contributed by atoms with Gasteiger partial charge in [0.25, 0.3) is 0 Å². The van der Waals surface area contributed by atoms with Gasteiger partial charge in [0.2, 0.25) is 0 Å². The Balaban J connectivity index is 1.56. The van der Waals surface area contributed by atoms with Crippen molar-refractivity contribution in [2.75, 3.05) is 19.5 Å². The number of benzene rings is 2. The number of carbonyl (C=O) groups excluding carboxylic acids is 1. The summed E-state index contributed by atoms with van der Waals surface area (Å²) in [5, 5.41) is 9.87. The van der Waals surface area contributed by atoms with Gasteiger partial charge in [-0.1, -0.05) is 18.2 Å². The van der Waals surface area contributed by atoms with Gasteiger partial charge in [-0.3, -0.25) is 4.68 Å². The third kappa shape index (κ3) is 5.01. The predicted molar refractivity (Wildman–Crippen MR) is 103 cm³/mol. The molecule has 0 unspecified atom stereocenters. The second kappa shape index (κ2) is 8.75. The Morgan fingerprint density at radius 3 is 2.63 bits per heavy atom. The van der Waals surface area contributed by atoms with Crippen LogP contribution in [0, 0.1) is 0 Å². The molecule has 0 atom stereocenters.